The Hall–Kier alpha value is -0.410. The highest BCUT2D eigenvalue weighted by molar-refractivity contribution is 7.05. The van der Waals surface area contributed by atoms with Crippen LogP contribution in [-0.2, 0) is 12.0 Å². The molecular formula is C15H22N2S. The first kappa shape index (κ1) is 11.4. The van der Waals surface area contributed by atoms with E-state index in [2.05, 4.69) is 6.92 Å². The van der Waals surface area contributed by atoms with Crippen LogP contribution in [0.1, 0.15) is 54.7 Å². The zero-order valence-electron chi connectivity index (χ0n) is 11.1. The maximum atomic E-state index is 5.98. The van der Waals surface area contributed by atoms with Crippen molar-refractivity contribution < 1.29 is 0 Å². The molecule has 98 valence electrons. The first-order chi connectivity index (χ1) is 8.70. The van der Waals surface area contributed by atoms with Crippen LogP contribution >= 0.6 is 11.5 Å². The molecule has 1 heterocycles. The molecule has 2 nitrogen and oxygen atoms in total. The molecule has 0 spiro atoms. The molecule has 1 aromatic heterocycles. The van der Waals surface area contributed by atoms with Crippen molar-refractivity contribution in [3.8, 4) is 0 Å². The number of aryl methyl sites for hydroxylation is 1. The van der Waals surface area contributed by atoms with E-state index in [0.29, 0.717) is 12.0 Å². The summed E-state index contributed by atoms with van der Waals surface area (Å²) in [6.07, 6.45) is 8.69. The molecule has 0 aromatic carbocycles. The molecule has 4 fully saturated rings. The second-order valence-electron chi connectivity index (χ2n) is 6.97. The van der Waals surface area contributed by atoms with Crippen LogP contribution in [0.4, 0.5) is 0 Å². The average molecular weight is 262 g/mol. The summed E-state index contributed by atoms with van der Waals surface area (Å²) in [6, 6.07) is 0. The highest BCUT2D eigenvalue weighted by Crippen LogP contribution is 2.61. The topological polar surface area (TPSA) is 38.9 Å². The zero-order valence-corrected chi connectivity index (χ0v) is 11.9. The SMILES string of the molecule is Cc1snc(C23CC4CC(CC(C4)C2)C3)c1CN. The maximum absolute atomic E-state index is 5.98. The van der Waals surface area contributed by atoms with E-state index in [0.717, 1.165) is 17.8 Å². The van der Waals surface area contributed by atoms with Gasteiger partial charge in [0.25, 0.3) is 0 Å². The minimum Gasteiger partial charge on any atom is -0.326 e. The Labute approximate surface area is 113 Å². The summed E-state index contributed by atoms with van der Waals surface area (Å²) < 4.78 is 4.84. The van der Waals surface area contributed by atoms with Crippen molar-refractivity contribution in [1.82, 2.24) is 4.37 Å². The van der Waals surface area contributed by atoms with E-state index in [1.54, 1.807) is 11.5 Å². The number of nitrogens with zero attached hydrogens (tertiary/aromatic N) is 1. The molecule has 0 unspecified atom stereocenters. The van der Waals surface area contributed by atoms with Crippen molar-refractivity contribution in [2.45, 2.75) is 57.4 Å². The number of rotatable bonds is 2. The fourth-order valence-corrected chi connectivity index (χ4v) is 6.27. The van der Waals surface area contributed by atoms with E-state index in [1.807, 2.05) is 0 Å². The van der Waals surface area contributed by atoms with Crippen molar-refractivity contribution in [1.29, 1.82) is 0 Å². The summed E-state index contributed by atoms with van der Waals surface area (Å²) in [5, 5.41) is 0. The molecule has 4 bridgehead atoms. The van der Waals surface area contributed by atoms with E-state index < -0.39 is 0 Å². The Balaban J connectivity index is 1.79. The molecule has 0 amide bonds. The van der Waals surface area contributed by atoms with Gasteiger partial charge in [0.1, 0.15) is 0 Å². The van der Waals surface area contributed by atoms with Gasteiger partial charge in [0.2, 0.25) is 0 Å². The summed E-state index contributed by atoms with van der Waals surface area (Å²) in [7, 11) is 0. The third kappa shape index (κ3) is 1.47. The number of hydrogen-bond acceptors (Lipinski definition) is 3. The minimum absolute atomic E-state index is 0.425. The summed E-state index contributed by atoms with van der Waals surface area (Å²) in [6.45, 7) is 2.86. The maximum Gasteiger partial charge on any atom is 0.0651 e. The molecule has 5 rings (SSSR count). The average Bonchev–Trinajstić information content (AvgIpc) is 2.69. The monoisotopic (exact) mass is 262 g/mol. The number of nitrogens with two attached hydrogens (primary N) is 1. The minimum atomic E-state index is 0.425. The van der Waals surface area contributed by atoms with Crippen LogP contribution in [0.3, 0.4) is 0 Å². The van der Waals surface area contributed by atoms with Crippen molar-refractivity contribution in [2.24, 2.45) is 23.5 Å². The van der Waals surface area contributed by atoms with Crippen LogP contribution in [-0.4, -0.2) is 4.37 Å². The predicted octanol–water partition coefficient (Wildman–Crippen LogP) is 3.38. The fraction of sp³-hybridized carbons (Fsp3) is 0.800. The summed E-state index contributed by atoms with van der Waals surface area (Å²) >= 11 is 1.67. The Kier molecular flexibility index (Phi) is 2.41. The van der Waals surface area contributed by atoms with Crippen molar-refractivity contribution in [3.05, 3.63) is 16.1 Å². The third-order valence-electron chi connectivity index (χ3n) is 5.73. The van der Waals surface area contributed by atoms with Gasteiger partial charge in [0.05, 0.1) is 5.69 Å². The van der Waals surface area contributed by atoms with Crippen LogP contribution in [0.5, 0.6) is 0 Å². The second-order valence-corrected chi connectivity index (χ2v) is 7.95. The molecule has 0 atom stereocenters. The molecule has 4 aliphatic rings. The molecule has 3 heteroatoms. The van der Waals surface area contributed by atoms with Gasteiger partial charge in [-0.3, -0.25) is 0 Å². The highest BCUT2D eigenvalue weighted by Gasteiger charge is 2.53. The lowest BCUT2D eigenvalue weighted by Gasteiger charge is -2.56. The van der Waals surface area contributed by atoms with Gasteiger partial charge in [0.15, 0.2) is 0 Å². The second kappa shape index (κ2) is 3.80. The Bertz CT molecular complexity index is 442. The third-order valence-corrected chi connectivity index (χ3v) is 6.52. The normalized spacial score (nSPS) is 41.6. The number of hydrogen-bond donors (Lipinski definition) is 1. The summed E-state index contributed by atoms with van der Waals surface area (Å²) in [5.74, 6) is 2.97. The lowest BCUT2D eigenvalue weighted by molar-refractivity contribution is -0.00718. The van der Waals surface area contributed by atoms with Gasteiger partial charge >= 0.3 is 0 Å². The lowest BCUT2D eigenvalue weighted by atomic mass is 9.48. The van der Waals surface area contributed by atoms with Gasteiger partial charge < -0.3 is 5.73 Å². The standard InChI is InChI=1S/C15H22N2S/c1-9-13(8-16)14(17-18-9)15-5-10-2-11(6-15)4-12(3-10)7-15/h10-12H,2-8,16H2,1H3. The predicted molar refractivity (Wildman–Crippen MR) is 74.6 cm³/mol. The van der Waals surface area contributed by atoms with Crippen molar-refractivity contribution in [2.75, 3.05) is 0 Å². The first-order valence-corrected chi connectivity index (χ1v) is 8.13. The van der Waals surface area contributed by atoms with Gasteiger partial charge in [0, 0.05) is 22.4 Å². The lowest BCUT2D eigenvalue weighted by Crippen LogP contribution is -2.49. The fourth-order valence-electron chi connectivity index (χ4n) is 5.45. The molecule has 0 aliphatic heterocycles. The molecule has 0 saturated heterocycles. The van der Waals surface area contributed by atoms with E-state index in [-0.39, 0.29) is 0 Å². The van der Waals surface area contributed by atoms with Gasteiger partial charge in [-0.1, -0.05) is 0 Å². The van der Waals surface area contributed by atoms with Gasteiger partial charge in [-0.15, -0.1) is 0 Å². The summed E-state index contributed by atoms with van der Waals surface area (Å²) in [5.41, 5.74) is 9.19. The van der Waals surface area contributed by atoms with Crippen LogP contribution in [0.2, 0.25) is 0 Å². The molecular weight excluding hydrogens is 240 g/mol. The quantitative estimate of drug-likeness (QED) is 0.887. The molecule has 18 heavy (non-hydrogen) atoms. The summed E-state index contributed by atoms with van der Waals surface area (Å²) in [4.78, 5) is 1.35. The van der Waals surface area contributed by atoms with E-state index in [9.17, 15) is 0 Å². The van der Waals surface area contributed by atoms with Crippen LogP contribution in [0.25, 0.3) is 0 Å². The first-order valence-electron chi connectivity index (χ1n) is 7.36. The number of aromatic nitrogens is 1. The van der Waals surface area contributed by atoms with E-state index in [1.165, 1.54) is 54.7 Å². The Morgan fingerprint density at radius 2 is 1.72 bits per heavy atom. The highest BCUT2D eigenvalue weighted by atomic mass is 32.1. The van der Waals surface area contributed by atoms with Crippen molar-refractivity contribution >= 4 is 11.5 Å². The van der Waals surface area contributed by atoms with Gasteiger partial charge in [-0.2, -0.15) is 4.37 Å². The molecule has 4 saturated carbocycles. The zero-order chi connectivity index (χ0) is 12.3. The Morgan fingerprint density at radius 1 is 1.17 bits per heavy atom. The molecule has 4 aliphatic carbocycles. The largest absolute Gasteiger partial charge is 0.326 e. The Morgan fingerprint density at radius 3 is 2.22 bits per heavy atom. The smallest absolute Gasteiger partial charge is 0.0651 e. The van der Waals surface area contributed by atoms with Crippen LogP contribution in [0.15, 0.2) is 0 Å². The van der Waals surface area contributed by atoms with Gasteiger partial charge in [-0.25, -0.2) is 0 Å². The molecule has 1 aromatic rings. The van der Waals surface area contributed by atoms with Gasteiger partial charge in [-0.05, 0) is 74.7 Å². The molecule has 0 radical (unpaired) electrons. The molecule has 2 N–H and O–H groups in total. The van der Waals surface area contributed by atoms with Crippen LogP contribution < -0.4 is 5.73 Å². The van der Waals surface area contributed by atoms with Crippen molar-refractivity contribution in [3.63, 3.8) is 0 Å². The van der Waals surface area contributed by atoms with E-state index >= 15 is 0 Å². The van der Waals surface area contributed by atoms with E-state index in [4.69, 9.17) is 10.1 Å². The van der Waals surface area contributed by atoms with Crippen LogP contribution in [0, 0.1) is 24.7 Å².